The van der Waals surface area contributed by atoms with E-state index in [-0.39, 0.29) is 17.9 Å². The van der Waals surface area contributed by atoms with E-state index >= 15 is 0 Å². The minimum Gasteiger partial charge on any atom is -0.489 e. The molecule has 0 amide bonds. The summed E-state index contributed by atoms with van der Waals surface area (Å²) in [4.78, 5) is 11.8. The first-order valence-electron chi connectivity index (χ1n) is 8.95. The molecule has 0 unspecified atom stereocenters. The second-order valence-corrected chi connectivity index (χ2v) is 6.72. The van der Waals surface area contributed by atoms with E-state index in [0.29, 0.717) is 18.1 Å². The quantitative estimate of drug-likeness (QED) is 0.730. The van der Waals surface area contributed by atoms with Crippen LogP contribution >= 0.6 is 0 Å². The number of rotatable bonds is 3. The van der Waals surface area contributed by atoms with Crippen molar-refractivity contribution in [2.24, 2.45) is 0 Å². The predicted octanol–water partition coefficient (Wildman–Crippen LogP) is 5.09. The van der Waals surface area contributed by atoms with Gasteiger partial charge in [-0.25, -0.2) is 9.18 Å². The molecule has 1 aliphatic carbocycles. The van der Waals surface area contributed by atoms with Crippen molar-refractivity contribution in [2.75, 3.05) is 6.61 Å². The van der Waals surface area contributed by atoms with E-state index in [1.54, 1.807) is 25.1 Å². The first kappa shape index (κ1) is 16.1. The van der Waals surface area contributed by atoms with Crippen LogP contribution in [0.4, 0.5) is 4.39 Å². The summed E-state index contributed by atoms with van der Waals surface area (Å²) in [6.07, 6.45) is 4.60. The number of hydrogen-bond acceptors (Lipinski definition) is 3. The third-order valence-electron chi connectivity index (χ3n) is 5.16. The van der Waals surface area contributed by atoms with Crippen LogP contribution in [-0.4, -0.2) is 18.7 Å². The molecular formula is C21H21FO3. The highest BCUT2D eigenvalue weighted by Gasteiger charge is 2.38. The average Bonchev–Trinajstić information content (AvgIpc) is 3.00. The van der Waals surface area contributed by atoms with Crippen molar-refractivity contribution in [3.8, 4) is 16.9 Å². The Morgan fingerprint density at radius 2 is 1.96 bits per heavy atom. The smallest absolute Gasteiger partial charge is 0.338 e. The molecule has 0 saturated heterocycles. The number of fused-ring (bicyclic) bond motifs is 3. The molecule has 1 aliphatic heterocycles. The lowest BCUT2D eigenvalue weighted by Crippen LogP contribution is -2.22. The number of esters is 1. The molecule has 1 heterocycles. The summed E-state index contributed by atoms with van der Waals surface area (Å²) in [5, 5.41) is 0. The Labute approximate surface area is 146 Å². The van der Waals surface area contributed by atoms with E-state index in [1.165, 1.54) is 18.9 Å². The van der Waals surface area contributed by atoms with Crippen LogP contribution in [0.1, 0.15) is 54.4 Å². The molecule has 1 fully saturated rings. The fourth-order valence-electron chi connectivity index (χ4n) is 3.98. The van der Waals surface area contributed by atoms with Crippen LogP contribution in [0, 0.1) is 5.82 Å². The maximum absolute atomic E-state index is 14.2. The molecule has 4 heteroatoms. The van der Waals surface area contributed by atoms with Gasteiger partial charge in [-0.3, -0.25) is 0 Å². The third kappa shape index (κ3) is 2.90. The van der Waals surface area contributed by atoms with Crippen LogP contribution in [0.2, 0.25) is 0 Å². The summed E-state index contributed by atoms with van der Waals surface area (Å²) in [5.41, 5.74) is 3.10. The molecule has 0 radical (unpaired) electrons. The van der Waals surface area contributed by atoms with Crippen molar-refractivity contribution in [3.63, 3.8) is 0 Å². The summed E-state index contributed by atoms with van der Waals surface area (Å²) in [6.45, 7) is 2.12. The molecule has 2 aliphatic rings. The van der Waals surface area contributed by atoms with Gasteiger partial charge in [0.2, 0.25) is 0 Å². The SMILES string of the molecule is CCOC(=O)c1ccc(-c2cc(F)cc3c2O[C@H]2CCCC[C@H]32)cc1. The van der Waals surface area contributed by atoms with Crippen LogP contribution in [0.3, 0.4) is 0 Å². The maximum atomic E-state index is 14.2. The van der Waals surface area contributed by atoms with Gasteiger partial charge < -0.3 is 9.47 Å². The van der Waals surface area contributed by atoms with Crippen LogP contribution < -0.4 is 4.74 Å². The molecular weight excluding hydrogens is 319 g/mol. The monoisotopic (exact) mass is 340 g/mol. The summed E-state index contributed by atoms with van der Waals surface area (Å²) in [7, 11) is 0. The molecule has 3 nitrogen and oxygen atoms in total. The van der Waals surface area contributed by atoms with Crippen molar-refractivity contribution in [1.29, 1.82) is 0 Å². The van der Waals surface area contributed by atoms with Gasteiger partial charge in [0.25, 0.3) is 0 Å². The molecule has 1 saturated carbocycles. The van der Waals surface area contributed by atoms with Gasteiger partial charge >= 0.3 is 5.97 Å². The van der Waals surface area contributed by atoms with Crippen molar-refractivity contribution in [3.05, 3.63) is 53.3 Å². The maximum Gasteiger partial charge on any atom is 0.338 e. The number of benzene rings is 2. The van der Waals surface area contributed by atoms with Gasteiger partial charge in [0.05, 0.1) is 12.2 Å². The summed E-state index contributed by atoms with van der Waals surface area (Å²) in [6, 6.07) is 10.2. The second-order valence-electron chi connectivity index (χ2n) is 6.72. The molecule has 25 heavy (non-hydrogen) atoms. The Balaban J connectivity index is 1.71. The van der Waals surface area contributed by atoms with Crippen LogP contribution in [0.5, 0.6) is 5.75 Å². The lowest BCUT2D eigenvalue weighted by molar-refractivity contribution is 0.0526. The molecule has 130 valence electrons. The minimum atomic E-state index is -0.346. The van der Waals surface area contributed by atoms with Gasteiger partial charge in [-0.1, -0.05) is 18.6 Å². The molecule has 0 N–H and O–H groups in total. The van der Waals surface area contributed by atoms with Gasteiger partial charge in [-0.05, 0) is 56.0 Å². The van der Waals surface area contributed by atoms with E-state index in [2.05, 4.69) is 0 Å². The standard InChI is InChI=1S/C21H21FO3/c1-2-24-21(23)14-9-7-13(8-10-14)17-11-15(22)12-18-16-5-3-4-6-19(16)25-20(17)18/h7-12,16,19H,2-6H2,1H3/t16-,19+/m1/s1. The zero-order chi connectivity index (χ0) is 17.4. The number of ether oxygens (including phenoxy) is 2. The summed E-state index contributed by atoms with van der Waals surface area (Å²) < 4.78 is 25.5. The highest BCUT2D eigenvalue weighted by atomic mass is 19.1. The first-order valence-corrected chi connectivity index (χ1v) is 8.95. The molecule has 2 aromatic carbocycles. The van der Waals surface area contributed by atoms with E-state index < -0.39 is 0 Å². The van der Waals surface area contributed by atoms with Crippen LogP contribution in [0.15, 0.2) is 36.4 Å². The van der Waals surface area contributed by atoms with E-state index in [0.717, 1.165) is 35.3 Å². The van der Waals surface area contributed by atoms with Crippen molar-refractivity contribution < 1.29 is 18.7 Å². The van der Waals surface area contributed by atoms with Gasteiger partial charge in [-0.2, -0.15) is 0 Å². The second kappa shape index (κ2) is 6.51. The topological polar surface area (TPSA) is 35.5 Å². The van der Waals surface area contributed by atoms with Gasteiger partial charge in [0, 0.05) is 17.0 Å². The average molecular weight is 340 g/mol. The zero-order valence-electron chi connectivity index (χ0n) is 14.3. The normalized spacial score (nSPS) is 21.2. The minimum absolute atomic E-state index is 0.170. The molecule has 4 rings (SSSR count). The number of carbonyl (C=O) groups excluding carboxylic acids is 1. The number of halogens is 1. The van der Waals surface area contributed by atoms with Gasteiger partial charge in [0.15, 0.2) is 0 Å². The molecule has 2 atom stereocenters. The number of carbonyl (C=O) groups is 1. The van der Waals surface area contributed by atoms with E-state index in [9.17, 15) is 9.18 Å². The highest BCUT2D eigenvalue weighted by Crippen LogP contribution is 2.49. The number of hydrogen-bond donors (Lipinski definition) is 0. The Morgan fingerprint density at radius 1 is 1.20 bits per heavy atom. The van der Waals surface area contributed by atoms with Gasteiger partial charge in [-0.15, -0.1) is 0 Å². The molecule has 0 aromatic heterocycles. The van der Waals surface area contributed by atoms with Crippen molar-refractivity contribution in [1.82, 2.24) is 0 Å². The summed E-state index contributed by atoms with van der Waals surface area (Å²) >= 11 is 0. The van der Waals surface area contributed by atoms with Crippen molar-refractivity contribution in [2.45, 2.75) is 44.6 Å². The van der Waals surface area contributed by atoms with Crippen LogP contribution in [0.25, 0.3) is 11.1 Å². The Bertz CT molecular complexity index is 798. The predicted molar refractivity (Wildman–Crippen MR) is 93.4 cm³/mol. The van der Waals surface area contributed by atoms with Gasteiger partial charge in [0.1, 0.15) is 17.7 Å². The lowest BCUT2D eigenvalue weighted by Gasteiger charge is -2.23. The fraction of sp³-hybridized carbons (Fsp3) is 0.381. The third-order valence-corrected chi connectivity index (χ3v) is 5.16. The fourth-order valence-corrected chi connectivity index (χ4v) is 3.98. The molecule has 0 bridgehead atoms. The molecule has 2 aromatic rings. The lowest BCUT2D eigenvalue weighted by atomic mass is 9.82. The Hall–Kier alpha value is -2.36. The highest BCUT2D eigenvalue weighted by molar-refractivity contribution is 5.90. The molecule has 0 spiro atoms. The Morgan fingerprint density at radius 3 is 2.72 bits per heavy atom. The largest absolute Gasteiger partial charge is 0.489 e. The van der Waals surface area contributed by atoms with E-state index in [4.69, 9.17) is 9.47 Å². The van der Waals surface area contributed by atoms with E-state index in [1.807, 2.05) is 12.1 Å². The Kier molecular flexibility index (Phi) is 4.20. The summed E-state index contributed by atoms with van der Waals surface area (Å²) in [5.74, 6) is 0.526. The van der Waals surface area contributed by atoms with Crippen molar-refractivity contribution >= 4 is 5.97 Å². The first-order chi connectivity index (χ1) is 12.2. The zero-order valence-corrected chi connectivity index (χ0v) is 14.3. The van der Waals surface area contributed by atoms with Crippen LogP contribution in [-0.2, 0) is 4.74 Å².